The maximum atomic E-state index is 11.6. The van der Waals surface area contributed by atoms with Crippen LogP contribution in [0.4, 0.5) is 10.8 Å². The summed E-state index contributed by atoms with van der Waals surface area (Å²) in [4.78, 5) is 36.3. The van der Waals surface area contributed by atoms with Gasteiger partial charge in [-0.05, 0) is 6.07 Å². The number of rotatable bonds is 6. The molecule has 1 N–H and O–H groups in total. The van der Waals surface area contributed by atoms with Crippen molar-refractivity contribution in [2.24, 2.45) is 0 Å². The topological polar surface area (TPSA) is 111 Å². The maximum Gasteiger partial charge on any atom is 0.270 e. The first-order valence-electron chi connectivity index (χ1n) is 5.66. The van der Waals surface area contributed by atoms with Gasteiger partial charge in [0.15, 0.2) is 18.0 Å². The molecule has 0 aliphatic rings. The number of nitro benzene ring substituents is 1. The van der Waals surface area contributed by atoms with Crippen molar-refractivity contribution in [2.45, 2.75) is 0 Å². The largest absolute Gasteiger partial charge is 0.483 e. The number of nitro groups is 1. The Morgan fingerprint density at radius 3 is 2.95 bits per heavy atom. The molecular weight excluding hydrogens is 298 g/mol. The Morgan fingerprint density at radius 2 is 2.33 bits per heavy atom. The molecule has 0 saturated heterocycles. The molecule has 0 spiro atoms. The summed E-state index contributed by atoms with van der Waals surface area (Å²) in [6, 6.07) is 3.56. The number of benzene rings is 1. The van der Waals surface area contributed by atoms with Gasteiger partial charge < -0.3 is 4.74 Å². The van der Waals surface area contributed by atoms with E-state index in [-0.39, 0.29) is 23.6 Å². The van der Waals surface area contributed by atoms with E-state index in [1.54, 1.807) is 11.6 Å². The van der Waals surface area contributed by atoms with Gasteiger partial charge >= 0.3 is 0 Å². The van der Waals surface area contributed by atoms with E-state index in [2.05, 4.69) is 10.3 Å². The number of carbonyl (C=O) groups excluding carboxylic acids is 2. The van der Waals surface area contributed by atoms with Crippen LogP contribution in [-0.2, 0) is 4.79 Å². The van der Waals surface area contributed by atoms with Crippen LogP contribution in [0.15, 0.2) is 29.8 Å². The normalized spacial score (nSPS) is 9.90. The number of aromatic nitrogens is 1. The van der Waals surface area contributed by atoms with Crippen LogP contribution >= 0.6 is 11.3 Å². The Morgan fingerprint density at radius 1 is 1.52 bits per heavy atom. The third-order valence-electron chi connectivity index (χ3n) is 2.37. The number of aldehydes is 1. The number of ether oxygens (including phenoxy) is 1. The molecule has 108 valence electrons. The zero-order valence-corrected chi connectivity index (χ0v) is 11.3. The molecule has 21 heavy (non-hydrogen) atoms. The lowest BCUT2D eigenvalue weighted by Crippen LogP contribution is -2.20. The molecule has 2 rings (SSSR count). The standard InChI is InChI=1S/C12H9N3O5S/c16-6-8-5-9(15(18)19)1-2-10(8)20-7-11(17)14-12-13-3-4-21-12/h1-6H,7H2,(H,13,14,17). The Balaban J connectivity index is 2.01. The molecule has 0 atom stereocenters. The number of nitrogens with one attached hydrogen (secondary N) is 1. The number of carbonyl (C=O) groups is 2. The SMILES string of the molecule is O=Cc1cc([N+](=O)[O-])ccc1OCC(=O)Nc1nccs1. The molecule has 8 nitrogen and oxygen atoms in total. The Labute approximate surface area is 122 Å². The summed E-state index contributed by atoms with van der Waals surface area (Å²) < 4.78 is 5.18. The zero-order valence-electron chi connectivity index (χ0n) is 10.5. The van der Waals surface area contributed by atoms with E-state index >= 15 is 0 Å². The summed E-state index contributed by atoms with van der Waals surface area (Å²) in [5, 5.41) is 15.2. The van der Waals surface area contributed by atoms with E-state index in [1.165, 1.54) is 23.5 Å². The number of amides is 1. The van der Waals surface area contributed by atoms with Crippen LogP contribution in [0.5, 0.6) is 5.75 Å². The second kappa shape index (κ2) is 6.57. The van der Waals surface area contributed by atoms with E-state index in [0.29, 0.717) is 11.4 Å². The Bertz CT molecular complexity index is 672. The van der Waals surface area contributed by atoms with Gasteiger partial charge in [-0.2, -0.15) is 0 Å². The average Bonchev–Trinajstić information content (AvgIpc) is 2.97. The van der Waals surface area contributed by atoms with Gasteiger partial charge in [0.05, 0.1) is 10.5 Å². The monoisotopic (exact) mass is 307 g/mol. The third-order valence-corrected chi connectivity index (χ3v) is 3.06. The van der Waals surface area contributed by atoms with Crippen molar-refractivity contribution in [3.05, 3.63) is 45.5 Å². The first-order chi connectivity index (χ1) is 10.1. The molecule has 0 radical (unpaired) electrons. The van der Waals surface area contributed by atoms with Crippen LogP contribution in [0.2, 0.25) is 0 Å². The van der Waals surface area contributed by atoms with Crippen molar-refractivity contribution in [1.29, 1.82) is 0 Å². The number of hydrogen-bond acceptors (Lipinski definition) is 7. The zero-order chi connectivity index (χ0) is 15.2. The summed E-state index contributed by atoms with van der Waals surface area (Å²) in [6.45, 7) is -0.335. The van der Waals surface area contributed by atoms with Gasteiger partial charge in [-0.15, -0.1) is 11.3 Å². The predicted molar refractivity (Wildman–Crippen MR) is 74.7 cm³/mol. The molecule has 1 aromatic heterocycles. The fourth-order valence-corrected chi connectivity index (χ4v) is 2.00. The Hall–Kier alpha value is -2.81. The van der Waals surface area contributed by atoms with Crippen molar-refractivity contribution < 1.29 is 19.2 Å². The lowest BCUT2D eigenvalue weighted by molar-refractivity contribution is -0.384. The highest BCUT2D eigenvalue weighted by molar-refractivity contribution is 7.13. The minimum atomic E-state index is -0.619. The van der Waals surface area contributed by atoms with E-state index in [0.717, 1.165) is 6.07 Å². The minimum absolute atomic E-state index is 0.00579. The number of nitrogens with zero attached hydrogens (tertiary/aromatic N) is 2. The molecule has 9 heteroatoms. The van der Waals surface area contributed by atoms with Crippen LogP contribution in [0, 0.1) is 10.1 Å². The number of hydrogen-bond donors (Lipinski definition) is 1. The van der Waals surface area contributed by atoms with Gasteiger partial charge in [-0.25, -0.2) is 4.98 Å². The Kier molecular flexibility index (Phi) is 4.57. The number of thiazole rings is 1. The molecule has 0 fully saturated rings. The fourth-order valence-electron chi connectivity index (χ4n) is 1.46. The molecule has 0 unspecified atom stereocenters. The minimum Gasteiger partial charge on any atom is -0.483 e. The molecule has 0 aliphatic carbocycles. The van der Waals surface area contributed by atoms with Crippen molar-refractivity contribution in [3.8, 4) is 5.75 Å². The highest BCUT2D eigenvalue weighted by Crippen LogP contribution is 2.22. The molecule has 2 aromatic rings. The lowest BCUT2D eigenvalue weighted by Gasteiger charge is -2.07. The van der Waals surface area contributed by atoms with E-state index < -0.39 is 10.8 Å². The second-order valence-electron chi connectivity index (χ2n) is 3.77. The fraction of sp³-hybridized carbons (Fsp3) is 0.0833. The second-order valence-corrected chi connectivity index (χ2v) is 4.67. The number of non-ortho nitro benzene ring substituents is 1. The van der Waals surface area contributed by atoms with Gasteiger partial charge in [0, 0.05) is 23.7 Å². The van der Waals surface area contributed by atoms with E-state index in [4.69, 9.17) is 4.74 Å². The molecule has 1 amide bonds. The number of anilines is 1. The van der Waals surface area contributed by atoms with Crippen molar-refractivity contribution in [3.63, 3.8) is 0 Å². The van der Waals surface area contributed by atoms with Crippen LogP contribution in [-0.4, -0.2) is 28.7 Å². The van der Waals surface area contributed by atoms with Gasteiger partial charge in [0.25, 0.3) is 11.6 Å². The molecule has 0 aliphatic heterocycles. The third kappa shape index (κ3) is 3.83. The van der Waals surface area contributed by atoms with E-state index in [1.807, 2.05) is 0 Å². The van der Waals surface area contributed by atoms with Crippen molar-refractivity contribution >= 4 is 34.3 Å². The average molecular weight is 307 g/mol. The maximum absolute atomic E-state index is 11.6. The van der Waals surface area contributed by atoms with Crippen LogP contribution < -0.4 is 10.1 Å². The van der Waals surface area contributed by atoms with Crippen molar-refractivity contribution in [2.75, 3.05) is 11.9 Å². The molecule has 1 aromatic carbocycles. The summed E-state index contributed by atoms with van der Waals surface area (Å²) in [5.41, 5.74) is -0.220. The van der Waals surface area contributed by atoms with Gasteiger partial charge in [0.1, 0.15) is 5.75 Å². The first-order valence-corrected chi connectivity index (χ1v) is 6.54. The summed E-state index contributed by atoms with van der Waals surface area (Å²) in [7, 11) is 0. The van der Waals surface area contributed by atoms with Gasteiger partial charge in [-0.1, -0.05) is 0 Å². The van der Waals surface area contributed by atoms with Crippen molar-refractivity contribution in [1.82, 2.24) is 4.98 Å². The molecule has 1 heterocycles. The van der Waals surface area contributed by atoms with Gasteiger partial charge in [0.2, 0.25) is 0 Å². The summed E-state index contributed by atoms with van der Waals surface area (Å²) >= 11 is 1.26. The van der Waals surface area contributed by atoms with E-state index in [9.17, 15) is 19.7 Å². The summed E-state index contributed by atoms with van der Waals surface area (Å²) in [5.74, 6) is -0.343. The predicted octanol–water partition coefficient (Wildman–Crippen LogP) is 1.88. The highest BCUT2D eigenvalue weighted by Gasteiger charge is 2.13. The quantitative estimate of drug-likeness (QED) is 0.495. The first kappa shape index (κ1) is 14.6. The van der Waals surface area contributed by atoms with Crippen LogP contribution in [0.1, 0.15) is 10.4 Å². The smallest absolute Gasteiger partial charge is 0.270 e. The van der Waals surface area contributed by atoms with Gasteiger partial charge in [-0.3, -0.25) is 25.0 Å². The highest BCUT2D eigenvalue weighted by atomic mass is 32.1. The molecule has 0 bridgehead atoms. The molecular formula is C12H9N3O5S. The van der Waals surface area contributed by atoms with Crippen LogP contribution in [0.3, 0.4) is 0 Å². The molecule has 0 saturated carbocycles. The van der Waals surface area contributed by atoms with Crippen LogP contribution in [0.25, 0.3) is 0 Å². The summed E-state index contributed by atoms with van der Waals surface area (Å²) in [6.07, 6.45) is 1.98. The lowest BCUT2D eigenvalue weighted by atomic mass is 10.2.